The minimum Gasteiger partial charge on any atom is -0.342 e. The highest BCUT2D eigenvalue weighted by molar-refractivity contribution is 5.85. The molecule has 0 aromatic carbocycles. The molecule has 0 bridgehead atoms. The van der Waals surface area contributed by atoms with Crippen LogP contribution < -0.4 is 5.73 Å². The molecule has 2 N–H and O–H groups in total. The van der Waals surface area contributed by atoms with E-state index in [4.69, 9.17) is 5.73 Å². The predicted octanol–water partition coefficient (Wildman–Crippen LogP) is 1.80. The molecule has 1 saturated carbocycles. The Balaban J connectivity index is 0.00000128. The van der Waals surface area contributed by atoms with Crippen LogP contribution in [0.25, 0.3) is 0 Å². The van der Waals surface area contributed by atoms with Gasteiger partial charge in [-0.3, -0.25) is 4.79 Å². The number of likely N-dealkylation sites (tertiary alicyclic amines) is 1. The first-order valence-corrected chi connectivity index (χ1v) is 5.99. The Morgan fingerprint density at radius 2 is 2.00 bits per heavy atom. The van der Waals surface area contributed by atoms with Gasteiger partial charge in [0.1, 0.15) is 0 Å². The maximum atomic E-state index is 12.2. The van der Waals surface area contributed by atoms with Crippen LogP contribution in [-0.4, -0.2) is 30.4 Å². The molecule has 0 unspecified atom stereocenters. The molecular formula is C12H23ClN2O. The van der Waals surface area contributed by atoms with Gasteiger partial charge >= 0.3 is 0 Å². The van der Waals surface area contributed by atoms with Gasteiger partial charge in [-0.1, -0.05) is 6.42 Å². The Bertz CT molecular complexity index is 274. The normalized spacial score (nSPS) is 22.8. The summed E-state index contributed by atoms with van der Waals surface area (Å²) in [5.41, 5.74) is 5.76. The van der Waals surface area contributed by atoms with Crippen molar-refractivity contribution in [3.05, 3.63) is 0 Å². The Morgan fingerprint density at radius 1 is 1.38 bits per heavy atom. The van der Waals surface area contributed by atoms with Gasteiger partial charge in [0.2, 0.25) is 5.91 Å². The maximum Gasteiger partial charge on any atom is 0.229 e. The Kier molecular flexibility index (Phi) is 3.91. The van der Waals surface area contributed by atoms with Crippen LogP contribution in [0.5, 0.6) is 0 Å². The van der Waals surface area contributed by atoms with E-state index >= 15 is 0 Å². The fourth-order valence-corrected chi connectivity index (χ4v) is 2.71. The first-order chi connectivity index (χ1) is 6.99. The third-order valence-electron chi connectivity index (χ3n) is 4.23. The zero-order valence-electron chi connectivity index (χ0n) is 10.3. The van der Waals surface area contributed by atoms with Crippen molar-refractivity contribution in [3.63, 3.8) is 0 Å². The second kappa shape index (κ2) is 4.53. The number of hydrogen-bond donors (Lipinski definition) is 1. The monoisotopic (exact) mass is 246 g/mol. The second-order valence-corrected chi connectivity index (χ2v) is 5.92. The molecule has 0 atom stereocenters. The first kappa shape index (κ1) is 13.8. The van der Waals surface area contributed by atoms with Crippen molar-refractivity contribution in [1.82, 2.24) is 4.90 Å². The highest BCUT2D eigenvalue weighted by Crippen LogP contribution is 2.48. The minimum atomic E-state index is -0.380. The summed E-state index contributed by atoms with van der Waals surface area (Å²) in [5.74, 6) is 0.244. The summed E-state index contributed by atoms with van der Waals surface area (Å²) >= 11 is 0. The Labute approximate surface area is 104 Å². The lowest BCUT2D eigenvalue weighted by molar-refractivity contribution is -0.139. The number of carbonyl (C=O) groups excluding carboxylic acids is 1. The van der Waals surface area contributed by atoms with Crippen LogP contribution in [0.15, 0.2) is 0 Å². The van der Waals surface area contributed by atoms with Gasteiger partial charge < -0.3 is 10.6 Å². The number of nitrogens with two attached hydrogens (primary N) is 1. The van der Waals surface area contributed by atoms with Crippen molar-refractivity contribution >= 4 is 18.3 Å². The lowest BCUT2D eigenvalue weighted by Crippen LogP contribution is -2.45. The molecule has 2 aliphatic rings. The van der Waals surface area contributed by atoms with Gasteiger partial charge in [0, 0.05) is 19.6 Å². The van der Waals surface area contributed by atoms with E-state index in [1.54, 1.807) is 0 Å². The molecule has 1 heterocycles. The predicted molar refractivity (Wildman–Crippen MR) is 67.6 cm³/mol. The molecule has 1 amide bonds. The van der Waals surface area contributed by atoms with Gasteiger partial charge in [-0.25, -0.2) is 0 Å². The summed E-state index contributed by atoms with van der Waals surface area (Å²) in [7, 11) is 0. The summed E-state index contributed by atoms with van der Waals surface area (Å²) in [6.45, 7) is 6.26. The highest BCUT2D eigenvalue weighted by atomic mass is 35.5. The SMILES string of the molecule is CC(C)(CN)C(=O)N1CCC2(CCC2)C1.Cl. The van der Waals surface area contributed by atoms with Crippen molar-refractivity contribution in [2.75, 3.05) is 19.6 Å². The topological polar surface area (TPSA) is 46.3 Å². The van der Waals surface area contributed by atoms with E-state index in [-0.39, 0.29) is 23.7 Å². The van der Waals surface area contributed by atoms with Gasteiger partial charge in [-0.2, -0.15) is 0 Å². The summed E-state index contributed by atoms with van der Waals surface area (Å²) < 4.78 is 0. The molecule has 3 nitrogen and oxygen atoms in total. The van der Waals surface area contributed by atoms with Crippen molar-refractivity contribution < 1.29 is 4.79 Å². The molecular weight excluding hydrogens is 224 g/mol. The molecule has 2 rings (SSSR count). The number of halogens is 1. The molecule has 1 aliphatic carbocycles. The standard InChI is InChI=1S/C12H22N2O.ClH/c1-11(2,8-13)10(15)14-7-6-12(9-14)4-3-5-12;/h3-9,13H2,1-2H3;1H. The average Bonchev–Trinajstić information content (AvgIpc) is 2.60. The van der Waals surface area contributed by atoms with Gasteiger partial charge in [0.15, 0.2) is 0 Å². The fraction of sp³-hybridized carbons (Fsp3) is 0.917. The van der Waals surface area contributed by atoms with E-state index in [9.17, 15) is 4.79 Å². The molecule has 0 aromatic rings. The van der Waals surface area contributed by atoms with Crippen LogP contribution in [0.3, 0.4) is 0 Å². The lowest BCUT2D eigenvalue weighted by Gasteiger charge is -2.38. The zero-order chi connectivity index (χ0) is 11.1. The number of nitrogens with zero attached hydrogens (tertiary/aromatic N) is 1. The molecule has 4 heteroatoms. The third-order valence-corrected chi connectivity index (χ3v) is 4.23. The van der Waals surface area contributed by atoms with E-state index in [0.717, 1.165) is 13.1 Å². The lowest BCUT2D eigenvalue weighted by atomic mass is 9.68. The van der Waals surface area contributed by atoms with Gasteiger partial charge in [-0.05, 0) is 38.5 Å². The maximum absolute atomic E-state index is 12.2. The Morgan fingerprint density at radius 3 is 2.38 bits per heavy atom. The molecule has 1 aliphatic heterocycles. The second-order valence-electron chi connectivity index (χ2n) is 5.92. The third kappa shape index (κ3) is 2.21. The smallest absolute Gasteiger partial charge is 0.229 e. The molecule has 0 radical (unpaired) electrons. The molecule has 1 saturated heterocycles. The van der Waals surface area contributed by atoms with E-state index in [0.29, 0.717) is 12.0 Å². The summed E-state index contributed by atoms with van der Waals surface area (Å²) in [6.07, 6.45) is 5.20. The quantitative estimate of drug-likeness (QED) is 0.808. The molecule has 2 fully saturated rings. The molecule has 94 valence electrons. The van der Waals surface area contributed by atoms with Crippen molar-refractivity contribution in [2.24, 2.45) is 16.6 Å². The largest absolute Gasteiger partial charge is 0.342 e. The van der Waals surface area contributed by atoms with E-state index in [2.05, 4.69) is 0 Å². The van der Waals surface area contributed by atoms with E-state index in [1.807, 2.05) is 18.7 Å². The number of amides is 1. The van der Waals surface area contributed by atoms with Crippen molar-refractivity contribution in [3.8, 4) is 0 Å². The summed E-state index contributed by atoms with van der Waals surface area (Å²) in [5, 5.41) is 0. The fourth-order valence-electron chi connectivity index (χ4n) is 2.71. The Hall–Kier alpha value is -0.280. The van der Waals surface area contributed by atoms with Crippen molar-refractivity contribution in [2.45, 2.75) is 39.5 Å². The van der Waals surface area contributed by atoms with Crippen LogP contribution in [0, 0.1) is 10.8 Å². The van der Waals surface area contributed by atoms with Crippen LogP contribution in [-0.2, 0) is 4.79 Å². The van der Waals surface area contributed by atoms with Crippen molar-refractivity contribution in [1.29, 1.82) is 0 Å². The average molecular weight is 247 g/mol. The minimum absolute atomic E-state index is 0. The summed E-state index contributed by atoms with van der Waals surface area (Å²) in [6, 6.07) is 0. The van der Waals surface area contributed by atoms with Gasteiger partial charge in [-0.15, -0.1) is 12.4 Å². The first-order valence-electron chi connectivity index (χ1n) is 5.99. The zero-order valence-corrected chi connectivity index (χ0v) is 11.1. The van der Waals surface area contributed by atoms with Crippen LogP contribution >= 0.6 is 12.4 Å². The number of hydrogen-bond acceptors (Lipinski definition) is 2. The van der Waals surface area contributed by atoms with E-state index < -0.39 is 0 Å². The van der Waals surface area contributed by atoms with Crippen LogP contribution in [0.1, 0.15) is 39.5 Å². The molecule has 0 aromatic heterocycles. The molecule has 16 heavy (non-hydrogen) atoms. The van der Waals surface area contributed by atoms with Gasteiger partial charge in [0.25, 0.3) is 0 Å². The van der Waals surface area contributed by atoms with Crippen LogP contribution in [0.2, 0.25) is 0 Å². The number of carbonyl (C=O) groups is 1. The van der Waals surface area contributed by atoms with Gasteiger partial charge in [0.05, 0.1) is 5.41 Å². The summed E-state index contributed by atoms with van der Waals surface area (Å²) in [4.78, 5) is 14.2. The molecule has 1 spiro atoms. The van der Waals surface area contributed by atoms with E-state index in [1.165, 1.54) is 25.7 Å². The number of rotatable bonds is 2. The highest BCUT2D eigenvalue weighted by Gasteiger charge is 2.46. The van der Waals surface area contributed by atoms with Crippen LogP contribution in [0.4, 0.5) is 0 Å².